The van der Waals surface area contributed by atoms with E-state index in [1.54, 1.807) is 0 Å². The molecule has 5 nitrogen and oxygen atoms in total. The summed E-state index contributed by atoms with van der Waals surface area (Å²) in [4.78, 5) is 10.4. The van der Waals surface area contributed by atoms with Crippen molar-refractivity contribution in [2.24, 2.45) is 5.73 Å². The van der Waals surface area contributed by atoms with Crippen molar-refractivity contribution < 1.29 is 9.31 Å². The van der Waals surface area contributed by atoms with E-state index in [4.69, 9.17) is 5.73 Å². The lowest BCUT2D eigenvalue weighted by molar-refractivity contribution is -0.384. The van der Waals surface area contributed by atoms with Crippen molar-refractivity contribution in [3.8, 4) is 0 Å². The second-order valence-corrected chi connectivity index (χ2v) is 5.71. The van der Waals surface area contributed by atoms with E-state index in [1.807, 2.05) is 0 Å². The number of nitrogens with two attached hydrogens (primary N) is 1. The third-order valence-electron chi connectivity index (χ3n) is 3.59. The van der Waals surface area contributed by atoms with Gasteiger partial charge in [0.15, 0.2) is 0 Å². The Labute approximate surface area is 118 Å². The topological polar surface area (TPSA) is 81.2 Å². The van der Waals surface area contributed by atoms with Crippen molar-refractivity contribution in [2.45, 2.75) is 31.2 Å². The number of benzene rings is 1. The zero-order chi connectivity index (χ0) is 14.0. The molecule has 1 fully saturated rings. The van der Waals surface area contributed by atoms with Gasteiger partial charge in [0.1, 0.15) is 11.5 Å². The number of anilines is 1. The molecule has 104 valence electrons. The highest BCUT2D eigenvalue weighted by atomic mass is 79.9. The summed E-state index contributed by atoms with van der Waals surface area (Å²) in [5, 5.41) is 14.2. The van der Waals surface area contributed by atoms with E-state index in [1.165, 1.54) is 6.07 Å². The van der Waals surface area contributed by atoms with Crippen molar-refractivity contribution in [2.75, 3.05) is 11.9 Å². The van der Waals surface area contributed by atoms with Gasteiger partial charge in [-0.05, 0) is 34.8 Å². The molecule has 0 unspecified atom stereocenters. The Hall–Kier alpha value is -1.21. The Bertz CT molecular complexity index is 504. The maximum absolute atomic E-state index is 13.4. The summed E-state index contributed by atoms with van der Waals surface area (Å²) in [6.45, 7) is 0.402. The molecule has 1 saturated carbocycles. The summed E-state index contributed by atoms with van der Waals surface area (Å²) in [6, 6.07) is 2.33. The van der Waals surface area contributed by atoms with Crippen LogP contribution in [0.4, 0.5) is 15.8 Å². The zero-order valence-electron chi connectivity index (χ0n) is 10.3. The molecule has 2 rings (SSSR count). The summed E-state index contributed by atoms with van der Waals surface area (Å²) in [5.74, 6) is -0.648. The fourth-order valence-electron chi connectivity index (χ4n) is 2.51. The van der Waals surface area contributed by atoms with Crippen LogP contribution in [0.5, 0.6) is 0 Å². The van der Waals surface area contributed by atoms with Crippen molar-refractivity contribution in [3.63, 3.8) is 0 Å². The molecule has 0 aromatic heterocycles. The smallest absolute Gasteiger partial charge is 0.295 e. The van der Waals surface area contributed by atoms with Gasteiger partial charge >= 0.3 is 0 Å². The summed E-state index contributed by atoms with van der Waals surface area (Å²) in [6.07, 6.45) is 3.83. The molecule has 0 bridgehead atoms. The SMILES string of the molecule is NCC1(Nc2cc(Br)c(F)cc2[N+](=O)[O-])CCCC1. The first-order valence-corrected chi connectivity index (χ1v) is 6.88. The van der Waals surface area contributed by atoms with E-state index in [2.05, 4.69) is 21.2 Å². The standard InChI is InChI=1S/C12H15BrFN3O2/c13-8-5-10(11(17(18)19)6-9(8)14)16-12(7-15)3-1-2-4-12/h5-6,16H,1-4,7,15H2. The fourth-order valence-corrected chi connectivity index (χ4v) is 2.85. The number of hydrogen-bond acceptors (Lipinski definition) is 4. The average molecular weight is 332 g/mol. The van der Waals surface area contributed by atoms with Crippen LogP contribution in [0.25, 0.3) is 0 Å². The lowest BCUT2D eigenvalue weighted by Gasteiger charge is -2.29. The maximum Gasteiger partial charge on any atom is 0.295 e. The highest BCUT2D eigenvalue weighted by molar-refractivity contribution is 9.10. The molecule has 7 heteroatoms. The van der Waals surface area contributed by atoms with Crippen molar-refractivity contribution >= 4 is 27.3 Å². The lowest BCUT2D eigenvalue weighted by Crippen LogP contribution is -2.42. The van der Waals surface area contributed by atoms with Gasteiger partial charge in [-0.3, -0.25) is 10.1 Å². The van der Waals surface area contributed by atoms with E-state index in [0.717, 1.165) is 31.7 Å². The largest absolute Gasteiger partial charge is 0.373 e. The first kappa shape index (κ1) is 14.2. The van der Waals surface area contributed by atoms with Crippen LogP contribution < -0.4 is 11.1 Å². The molecule has 1 aromatic carbocycles. The van der Waals surface area contributed by atoms with Crippen LogP contribution in [-0.4, -0.2) is 17.0 Å². The van der Waals surface area contributed by atoms with Crippen LogP contribution in [0.3, 0.4) is 0 Å². The van der Waals surface area contributed by atoms with Gasteiger partial charge in [0, 0.05) is 12.1 Å². The third kappa shape index (κ3) is 2.87. The average Bonchev–Trinajstić information content (AvgIpc) is 2.82. The number of nitrogens with one attached hydrogen (secondary N) is 1. The van der Waals surface area contributed by atoms with Crippen molar-refractivity contribution in [3.05, 3.63) is 32.5 Å². The Balaban J connectivity index is 2.38. The molecule has 19 heavy (non-hydrogen) atoms. The fraction of sp³-hybridized carbons (Fsp3) is 0.500. The molecule has 0 aliphatic heterocycles. The van der Waals surface area contributed by atoms with E-state index < -0.39 is 10.7 Å². The highest BCUT2D eigenvalue weighted by Gasteiger charge is 2.34. The number of nitro groups is 1. The molecule has 1 aliphatic rings. The quantitative estimate of drug-likeness (QED) is 0.655. The Morgan fingerprint density at radius 3 is 2.63 bits per heavy atom. The summed E-state index contributed by atoms with van der Waals surface area (Å²) < 4.78 is 13.6. The first-order valence-electron chi connectivity index (χ1n) is 6.09. The number of halogens is 2. The predicted molar refractivity (Wildman–Crippen MR) is 74.6 cm³/mol. The molecule has 0 heterocycles. The first-order chi connectivity index (χ1) is 8.97. The van der Waals surface area contributed by atoms with E-state index in [9.17, 15) is 14.5 Å². The minimum atomic E-state index is -0.648. The van der Waals surface area contributed by atoms with E-state index in [-0.39, 0.29) is 15.7 Å². The minimum Gasteiger partial charge on any atom is -0.373 e. The third-order valence-corrected chi connectivity index (χ3v) is 4.19. The molecule has 1 aromatic rings. The Morgan fingerprint density at radius 2 is 2.11 bits per heavy atom. The second-order valence-electron chi connectivity index (χ2n) is 4.86. The van der Waals surface area contributed by atoms with Crippen LogP contribution >= 0.6 is 15.9 Å². The summed E-state index contributed by atoms with van der Waals surface area (Å²) in [5.41, 5.74) is 5.52. The normalized spacial score (nSPS) is 17.4. The van der Waals surface area contributed by atoms with Crippen LogP contribution in [0.2, 0.25) is 0 Å². The molecule has 3 N–H and O–H groups in total. The Morgan fingerprint density at radius 1 is 1.47 bits per heavy atom. The van der Waals surface area contributed by atoms with Crippen LogP contribution in [-0.2, 0) is 0 Å². The van der Waals surface area contributed by atoms with E-state index in [0.29, 0.717) is 12.2 Å². The number of hydrogen-bond donors (Lipinski definition) is 2. The monoisotopic (exact) mass is 331 g/mol. The molecular formula is C12H15BrFN3O2. The van der Waals surface area contributed by atoms with Gasteiger partial charge in [-0.15, -0.1) is 0 Å². The molecule has 0 radical (unpaired) electrons. The van der Waals surface area contributed by atoms with Gasteiger partial charge in [0.25, 0.3) is 5.69 Å². The maximum atomic E-state index is 13.4. The van der Waals surface area contributed by atoms with Gasteiger partial charge in [0.2, 0.25) is 0 Å². The molecule has 0 atom stereocenters. The van der Waals surface area contributed by atoms with Crippen molar-refractivity contribution in [1.29, 1.82) is 0 Å². The molecule has 0 amide bonds. The number of rotatable bonds is 4. The Kier molecular flexibility index (Phi) is 4.05. The van der Waals surface area contributed by atoms with Gasteiger partial charge in [-0.25, -0.2) is 4.39 Å². The van der Waals surface area contributed by atoms with Crippen LogP contribution in [0.1, 0.15) is 25.7 Å². The van der Waals surface area contributed by atoms with Gasteiger partial charge in [0.05, 0.1) is 15.5 Å². The van der Waals surface area contributed by atoms with Crippen molar-refractivity contribution in [1.82, 2.24) is 0 Å². The molecule has 0 spiro atoms. The van der Waals surface area contributed by atoms with Gasteiger partial charge in [-0.2, -0.15) is 0 Å². The van der Waals surface area contributed by atoms with Crippen LogP contribution in [0, 0.1) is 15.9 Å². The molecule has 1 aliphatic carbocycles. The zero-order valence-corrected chi connectivity index (χ0v) is 11.9. The van der Waals surface area contributed by atoms with E-state index >= 15 is 0 Å². The van der Waals surface area contributed by atoms with Gasteiger partial charge in [-0.1, -0.05) is 12.8 Å². The van der Waals surface area contributed by atoms with Crippen LogP contribution in [0.15, 0.2) is 16.6 Å². The predicted octanol–water partition coefficient (Wildman–Crippen LogP) is 3.18. The summed E-state index contributed by atoms with van der Waals surface area (Å²) >= 11 is 3.05. The highest BCUT2D eigenvalue weighted by Crippen LogP contribution is 2.37. The molecule has 0 saturated heterocycles. The second kappa shape index (κ2) is 5.42. The minimum absolute atomic E-state index is 0.200. The molecular weight excluding hydrogens is 317 g/mol. The van der Waals surface area contributed by atoms with Gasteiger partial charge < -0.3 is 11.1 Å². The summed E-state index contributed by atoms with van der Waals surface area (Å²) in [7, 11) is 0. The number of nitro benzene ring substituents is 1. The lowest BCUT2D eigenvalue weighted by atomic mass is 9.97. The number of nitrogens with zero attached hydrogens (tertiary/aromatic N) is 1.